The van der Waals surface area contributed by atoms with Crippen molar-refractivity contribution in [1.29, 1.82) is 0 Å². The number of hydrogen-bond acceptors (Lipinski definition) is 4. The first kappa shape index (κ1) is 23.6. The lowest BCUT2D eigenvalue weighted by Crippen LogP contribution is -2.26. The van der Waals surface area contributed by atoms with E-state index < -0.39 is 0 Å². The predicted octanol–water partition coefficient (Wildman–Crippen LogP) is 5.77. The molecule has 1 atom stereocenters. The van der Waals surface area contributed by atoms with Crippen molar-refractivity contribution >= 4 is 29.1 Å². The Hall–Kier alpha value is -3.51. The van der Waals surface area contributed by atoms with Crippen LogP contribution in [0.5, 0.6) is 11.5 Å². The van der Waals surface area contributed by atoms with Gasteiger partial charge in [0.05, 0.1) is 13.2 Å². The SMILES string of the molecule is COc1cc(C(=O)NC(C)c2ccc(NC(=O)C3CC3)cc2)ccc1OCc1ccccc1Cl. The normalized spacial score (nSPS) is 13.6. The number of ether oxygens (including phenoxy) is 2. The van der Waals surface area contributed by atoms with Gasteiger partial charge < -0.3 is 20.1 Å². The van der Waals surface area contributed by atoms with Crippen molar-refractivity contribution < 1.29 is 19.1 Å². The topological polar surface area (TPSA) is 76.7 Å². The molecule has 7 heteroatoms. The molecule has 176 valence electrons. The third-order valence-corrected chi connectivity index (χ3v) is 6.11. The zero-order valence-corrected chi connectivity index (χ0v) is 19.9. The van der Waals surface area contributed by atoms with E-state index in [0.29, 0.717) is 22.1 Å². The van der Waals surface area contributed by atoms with Crippen LogP contribution in [0.3, 0.4) is 0 Å². The van der Waals surface area contributed by atoms with Gasteiger partial charge in [0.15, 0.2) is 11.5 Å². The molecule has 1 aliphatic carbocycles. The fraction of sp³-hybridized carbons (Fsp3) is 0.259. The second-order valence-corrected chi connectivity index (χ2v) is 8.73. The monoisotopic (exact) mass is 478 g/mol. The van der Waals surface area contributed by atoms with Crippen LogP contribution in [0.25, 0.3) is 0 Å². The maximum Gasteiger partial charge on any atom is 0.251 e. The Morgan fingerprint density at radius 3 is 2.44 bits per heavy atom. The average Bonchev–Trinajstić information content (AvgIpc) is 3.69. The van der Waals surface area contributed by atoms with Gasteiger partial charge >= 0.3 is 0 Å². The van der Waals surface area contributed by atoms with Gasteiger partial charge in [-0.05, 0) is 61.7 Å². The van der Waals surface area contributed by atoms with Gasteiger partial charge in [-0.15, -0.1) is 0 Å². The highest BCUT2D eigenvalue weighted by Crippen LogP contribution is 2.31. The summed E-state index contributed by atoms with van der Waals surface area (Å²) in [4.78, 5) is 24.8. The Labute approximate surface area is 204 Å². The Morgan fingerprint density at radius 2 is 1.76 bits per heavy atom. The molecule has 3 aromatic rings. The Morgan fingerprint density at radius 1 is 1.03 bits per heavy atom. The van der Waals surface area contributed by atoms with Gasteiger partial charge in [-0.2, -0.15) is 0 Å². The van der Waals surface area contributed by atoms with Gasteiger partial charge in [-0.1, -0.05) is 41.9 Å². The summed E-state index contributed by atoms with van der Waals surface area (Å²) in [6.45, 7) is 2.20. The van der Waals surface area contributed by atoms with Crippen LogP contribution >= 0.6 is 11.6 Å². The number of methoxy groups -OCH3 is 1. The summed E-state index contributed by atoms with van der Waals surface area (Å²) in [5.41, 5.74) is 3.02. The average molecular weight is 479 g/mol. The van der Waals surface area contributed by atoms with E-state index in [1.807, 2.05) is 55.5 Å². The van der Waals surface area contributed by atoms with E-state index in [1.54, 1.807) is 18.2 Å². The van der Waals surface area contributed by atoms with Gasteiger partial charge in [0, 0.05) is 27.8 Å². The first-order valence-electron chi connectivity index (χ1n) is 11.2. The van der Waals surface area contributed by atoms with Gasteiger partial charge in [-0.3, -0.25) is 9.59 Å². The quantitative estimate of drug-likeness (QED) is 0.409. The number of hydrogen-bond donors (Lipinski definition) is 2. The lowest BCUT2D eigenvalue weighted by Gasteiger charge is -2.16. The number of nitrogens with one attached hydrogen (secondary N) is 2. The first-order valence-corrected chi connectivity index (χ1v) is 11.6. The van der Waals surface area contributed by atoms with Crippen LogP contribution in [0.2, 0.25) is 5.02 Å². The molecule has 4 rings (SSSR count). The molecule has 1 saturated carbocycles. The van der Waals surface area contributed by atoms with Crippen molar-refractivity contribution in [3.05, 3.63) is 88.4 Å². The minimum Gasteiger partial charge on any atom is -0.493 e. The van der Waals surface area contributed by atoms with Crippen LogP contribution in [0.1, 0.15) is 47.3 Å². The molecule has 0 spiro atoms. The highest BCUT2D eigenvalue weighted by molar-refractivity contribution is 6.31. The fourth-order valence-corrected chi connectivity index (χ4v) is 3.70. The van der Waals surface area contributed by atoms with Crippen LogP contribution < -0.4 is 20.1 Å². The highest BCUT2D eigenvalue weighted by Gasteiger charge is 2.29. The minimum absolute atomic E-state index is 0.0716. The van der Waals surface area contributed by atoms with Gasteiger partial charge in [0.1, 0.15) is 6.61 Å². The third-order valence-electron chi connectivity index (χ3n) is 5.74. The van der Waals surface area contributed by atoms with Crippen LogP contribution in [-0.2, 0) is 11.4 Å². The number of amides is 2. The summed E-state index contributed by atoms with van der Waals surface area (Å²) >= 11 is 6.19. The molecule has 6 nitrogen and oxygen atoms in total. The van der Waals surface area contributed by atoms with Crippen LogP contribution in [0.15, 0.2) is 66.7 Å². The molecule has 1 fully saturated rings. The molecule has 3 aromatic carbocycles. The van der Waals surface area contributed by atoms with Crippen molar-refractivity contribution in [3.63, 3.8) is 0 Å². The summed E-state index contributed by atoms with van der Waals surface area (Å²) in [5.74, 6) is 0.985. The Kier molecular flexibility index (Phi) is 7.38. The number of carbonyl (C=O) groups excluding carboxylic acids is 2. The Bertz CT molecular complexity index is 1180. The van der Waals surface area contributed by atoms with E-state index in [0.717, 1.165) is 29.7 Å². The van der Waals surface area contributed by atoms with Crippen LogP contribution in [0, 0.1) is 5.92 Å². The Balaban J connectivity index is 1.37. The van der Waals surface area contributed by atoms with Gasteiger partial charge in [0.2, 0.25) is 5.91 Å². The molecule has 0 saturated heterocycles. The smallest absolute Gasteiger partial charge is 0.251 e. The largest absolute Gasteiger partial charge is 0.493 e. The minimum atomic E-state index is -0.227. The van der Waals surface area contributed by atoms with Crippen molar-refractivity contribution in [1.82, 2.24) is 5.32 Å². The molecule has 1 unspecified atom stereocenters. The van der Waals surface area contributed by atoms with Crippen LogP contribution in [-0.4, -0.2) is 18.9 Å². The standard InChI is InChI=1S/C27H27ClN2O4/c1-17(18-9-12-22(13-10-18)30-26(31)19-7-8-19)29-27(32)20-11-14-24(25(15-20)33-2)34-16-21-5-3-4-6-23(21)28/h3-6,9-15,17,19H,7-8,16H2,1-2H3,(H,29,32)(H,30,31). The molecule has 0 aromatic heterocycles. The van der Waals surface area contributed by atoms with Gasteiger partial charge in [0.25, 0.3) is 5.91 Å². The molecule has 0 aliphatic heterocycles. The lowest BCUT2D eigenvalue weighted by molar-refractivity contribution is -0.117. The summed E-state index contributed by atoms with van der Waals surface area (Å²) in [6, 6.07) is 19.8. The summed E-state index contributed by atoms with van der Waals surface area (Å²) in [6.07, 6.45) is 1.93. The zero-order chi connectivity index (χ0) is 24.1. The molecular formula is C27H27ClN2O4. The number of benzene rings is 3. The van der Waals surface area contributed by atoms with E-state index >= 15 is 0 Å². The molecule has 34 heavy (non-hydrogen) atoms. The molecular weight excluding hydrogens is 452 g/mol. The predicted molar refractivity (Wildman–Crippen MR) is 132 cm³/mol. The molecule has 2 N–H and O–H groups in total. The zero-order valence-electron chi connectivity index (χ0n) is 19.1. The van der Waals surface area contributed by atoms with Crippen molar-refractivity contribution in [2.45, 2.75) is 32.4 Å². The van der Waals surface area contributed by atoms with E-state index in [4.69, 9.17) is 21.1 Å². The molecule has 1 aliphatic rings. The number of halogens is 1. The summed E-state index contributed by atoms with van der Waals surface area (Å²) in [7, 11) is 1.53. The number of rotatable bonds is 9. The van der Waals surface area contributed by atoms with E-state index in [2.05, 4.69) is 10.6 Å². The maximum absolute atomic E-state index is 12.8. The second kappa shape index (κ2) is 10.6. The molecule has 0 bridgehead atoms. The van der Waals surface area contributed by atoms with Gasteiger partial charge in [-0.25, -0.2) is 0 Å². The van der Waals surface area contributed by atoms with E-state index in [-0.39, 0.29) is 30.4 Å². The number of anilines is 1. The fourth-order valence-electron chi connectivity index (χ4n) is 3.51. The molecule has 0 radical (unpaired) electrons. The highest BCUT2D eigenvalue weighted by atomic mass is 35.5. The lowest BCUT2D eigenvalue weighted by atomic mass is 10.1. The van der Waals surface area contributed by atoms with E-state index in [9.17, 15) is 9.59 Å². The maximum atomic E-state index is 12.8. The van der Waals surface area contributed by atoms with Crippen LogP contribution in [0.4, 0.5) is 5.69 Å². The molecule has 0 heterocycles. The van der Waals surface area contributed by atoms with Crippen molar-refractivity contribution in [3.8, 4) is 11.5 Å². The summed E-state index contributed by atoms with van der Waals surface area (Å²) < 4.78 is 11.3. The third kappa shape index (κ3) is 5.88. The summed E-state index contributed by atoms with van der Waals surface area (Å²) in [5, 5.41) is 6.55. The first-order chi connectivity index (χ1) is 16.4. The number of carbonyl (C=O) groups is 2. The molecule has 2 amide bonds. The second-order valence-electron chi connectivity index (χ2n) is 8.33. The van der Waals surface area contributed by atoms with Crippen molar-refractivity contribution in [2.24, 2.45) is 5.92 Å². The van der Waals surface area contributed by atoms with Crippen molar-refractivity contribution in [2.75, 3.05) is 12.4 Å². The van der Waals surface area contributed by atoms with E-state index in [1.165, 1.54) is 7.11 Å².